The van der Waals surface area contributed by atoms with E-state index in [4.69, 9.17) is 4.74 Å². The molecule has 0 radical (unpaired) electrons. The number of hydrogen-bond acceptors (Lipinski definition) is 3. The van der Waals surface area contributed by atoms with Gasteiger partial charge in [-0.05, 0) is 24.9 Å². The number of rotatable bonds is 3. The Balaban J connectivity index is 0.00000162. The third kappa shape index (κ3) is 4.94. The van der Waals surface area contributed by atoms with Crippen LogP contribution in [-0.2, 0) is 11.3 Å². The van der Waals surface area contributed by atoms with E-state index in [0.29, 0.717) is 6.61 Å². The maximum absolute atomic E-state index is 11.5. The van der Waals surface area contributed by atoms with Gasteiger partial charge < -0.3 is 15.4 Å². The Morgan fingerprint density at radius 3 is 2.83 bits per heavy atom. The molecule has 1 fully saturated rings. The minimum absolute atomic E-state index is 0. The molecule has 4 nitrogen and oxygen atoms in total. The molecule has 0 spiro atoms. The molecule has 0 saturated carbocycles. The zero-order valence-corrected chi connectivity index (χ0v) is 11.0. The Labute approximate surface area is 114 Å². The van der Waals surface area contributed by atoms with Crippen LogP contribution in [0.15, 0.2) is 30.3 Å². The standard InChI is InChI=1S/C13H18N2O2.ClH/c16-13(15-12-7-4-8-14-9-12)17-10-11-5-2-1-3-6-11;/h1-3,5-6,12,14H,4,7-10H2,(H,15,16);1H/t12-;/m0./s1. The minimum atomic E-state index is -0.331. The normalized spacial score (nSPS) is 18.6. The fourth-order valence-corrected chi connectivity index (χ4v) is 1.91. The van der Waals surface area contributed by atoms with Crippen LogP contribution in [0.2, 0.25) is 0 Å². The molecule has 1 aliphatic heterocycles. The average molecular weight is 271 g/mol. The Bertz CT molecular complexity index is 353. The van der Waals surface area contributed by atoms with Gasteiger partial charge in [-0.25, -0.2) is 4.79 Å². The predicted molar refractivity (Wildman–Crippen MR) is 72.9 cm³/mol. The van der Waals surface area contributed by atoms with Crippen molar-refractivity contribution in [2.45, 2.75) is 25.5 Å². The highest BCUT2D eigenvalue weighted by atomic mass is 35.5. The number of alkyl carbamates (subject to hydrolysis) is 1. The number of piperidine rings is 1. The van der Waals surface area contributed by atoms with Gasteiger partial charge in [0, 0.05) is 12.6 Å². The lowest BCUT2D eigenvalue weighted by Gasteiger charge is -2.23. The Hall–Kier alpha value is -1.26. The molecule has 2 rings (SSSR count). The van der Waals surface area contributed by atoms with E-state index in [9.17, 15) is 4.79 Å². The minimum Gasteiger partial charge on any atom is -0.445 e. The highest BCUT2D eigenvalue weighted by molar-refractivity contribution is 5.85. The van der Waals surface area contributed by atoms with Crippen LogP contribution >= 0.6 is 12.4 Å². The number of nitrogens with one attached hydrogen (secondary N) is 2. The smallest absolute Gasteiger partial charge is 0.407 e. The monoisotopic (exact) mass is 270 g/mol. The lowest BCUT2D eigenvalue weighted by atomic mass is 10.1. The molecule has 1 aromatic carbocycles. The first kappa shape index (κ1) is 14.8. The molecule has 1 atom stereocenters. The third-order valence-corrected chi connectivity index (χ3v) is 2.83. The van der Waals surface area contributed by atoms with E-state index in [2.05, 4.69) is 10.6 Å². The van der Waals surface area contributed by atoms with E-state index in [1.165, 1.54) is 0 Å². The topological polar surface area (TPSA) is 50.4 Å². The highest BCUT2D eigenvalue weighted by Gasteiger charge is 2.15. The third-order valence-electron chi connectivity index (χ3n) is 2.83. The van der Waals surface area contributed by atoms with Gasteiger partial charge >= 0.3 is 6.09 Å². The number of amides is 1. The summed E-state index contributed by atoms with van der Waals surface area (Å²) in [5.41, 5.74) is 1.00. The molecular weight excluding hydrogens is 252 g/mol. The van der Waals surface area contributed by atoms with Crippen LogP contribution < -0.4 is 10.6 Å². The quantitative estimate of drug-likeness (QED) is 0.884. The van der Waals surface area contributed by atoms with Crippen molar-refractivity contribution in [3.63, 3.8) is 0 Å². The van der Waals surface area contributed by atoms with Gasteiger partial charge in [0.05, 0.1) is 0 Å². The molecule has 0 bridgehead atoms. The summed E-state index contributed by atoms with van der Waals surface area (Å²) in [6, 6.07) is 9.89. The lowest BCUT2D eigenvalue weighted by molar-refractivity contribution is 0.134. The van der Waals surface area contributed by atoms with Gasteiger partial charge in [-0.2, -0.15) is 0 Å². The van der Waals surface area contributed by atoms with Gasteiger partial charge in [0.1, 0.15) is 6.61 Å². The van der Waals surface area contributed by atoms with E-state index in [1.54, 1.807) is 0 Å². The van der Waals surface area contributed by atoms with Crippen LogP contribution in [0.5, 0.6) is 0 Å². The first-order valence-electron chi connectivity index (χ1n) is 6.02. The van der Waals surface area contributed by atoms with Crippen LogP contribution in [0, 0.1) is 0 Å². The molecule has 2 N–H and O–H groups in total. The summed E-state index contributed by atoms with van der Waals surface area (Å²) >= 11 is 0. The SMILES string of the molecule is Cl.O=C(N[C@H]1CCCNC1)OCc1ccccc1. The summed E-state index contributed by atoms with van der Waals surface area (Å²) < 4.78 is 5.15. The van der Waals surface area contributed by atoms with Crippen molar-refractivity contribution in [3.8, 4) is 0 Å². The number of ether oxygens (including phenoxy) is 1. The van der Waals surface area contributed by atoms with Crippen LogP contribution in [0.4, 0.5) is 4.79 Å². The molecule has 1 aliphatic rings. The number of halogens is 1. The highest BCUT2D eigenvalue weighted by Crippen LogP contribution is 2.03. The molecule has 1 saturated heterocycles. The molecule has 5 heteroatoms. The van der Waals surface area contributed by atoms with Crippen molar-refractivity contribution < 1.29 is 9.53 Å². The lowest BCUT2D eigenvalue weighted by Crippen LogP contribution is -2.45. The van der Waals surface area contributed by atoms with Crippen molar-refractivity contribution in [1.82, 2.24) is 10.6 Å². The summed E-state index contributed by atoms with van der Waals surface area (Å²) in [7, 11) is 0. The number of hydrogen-bond donors (Lipinski definition) is 2. The largest absolute Gasteiger partial charge is 0.445 e. The van der Waals surface area contributed by atoms with Crippen LogP contribution in [0.1, 0.15) is 18.4 Å². The van der Waals surface area contributed by atoms with E-state index in [-0.39, 0.29) is 24.5 Å². The fraction of sp³-hybridized carbons (Fsp3) is 0.462. The maximum Gasteiger partial charge on any atom is 0.407 e. The van der Waals surface area contributed by atoms with Crippen molar-refractivity contribution in [2.24, 2.45) is 0 Å². The van der Waals surface area contributed by atoms with Gasteiger partial charge in [0.25, 0.3) is 0 Å². The van der Waals surface area contributed by atoms with Gasteiger partial charge in [0.15, 0.2) is 0 Å². The first-order valence-corrected chi connectivity index (χ1v) is 6.02. The van der Waals surface area contributed by atoms with E-state index in [1.807, 2.05) is 30.3 Å². The summed E-state index contributed by atoms with van der Waals surface area (Å²) in [4.78, 5) is 11.5. The second kappa shape index (κ2) is 7.95. The number of carbonyl (C=O) groups is 1. The summed E-state index contributed by atoms with van der Waals surface area (Å²) in [5, 5.41) is 6.11. The van der Waals surface area contributed by atoms with Crippen molar-refractivity contribution in [1.29, 1.82) is 0 Å². The molecule has 0 unspecified atom stereocenters. The molecule has 1 heterocycles. The maximum atomic E-state index is 11.5. The summed E-state index contributed by atoms with van der Waals surface area (Å²) in [6.07, 6.45) is 1.79. The second-order valence-corrected chi connectivity index (χ2v) is 4.25. The molecule has 1 aromatic rings. The molecule has 100 valence electrons. The molecule has 0 aliphatic carbocycles. The summed E-state index contributed by atoms with van der Waals surface area (Å²) in [6.45, 7) is 2.20. The van der Waals surface area contributed by atoms with Crippen LogP contribution in [0.3, 0.4) is 0 Å². The Morgan fingerprint density at radius 1 is 1.39 bits per heavy atom. The Morgan fingerprint density at radius 2 is 2.17 bits per heavy atom. The Kier molecular flexibility index (Phi) is 6.54. The second-order valence-electron chi connectivity index (χ2n) is 4.25. The van der Waals surface area contributed by atoms with Gasteiger partial charge in [-0.15, -0.1) is 12.4 Å². The van der Waals surface area contributed by atoms with E-state index >= 15 is 0 Å². The van der Waals surface area contributed by atoms with Crippen LogP contribution in [-0.4, -0.2) is 25.2 Å². The van der Waals surface area contributed by atoms with Gasteiger partial charge in [-0.3, -0.25) is 0 Å². The predicted octanol–water partition coefficient (Wildman–Crippen LogP) is 2.09. The number of benzene rings is 1. The van der Waals surface area contributed by atoms with Gasteiger partial charge in [-0.1, -0.05) is 30.3 Å². The van der Waals surface area contributed by atoms with Crippen molar-refractivity contribution in [3.05, 3.63) is 35.9 Å². The zero-order valence-electron chi connectivity index (χ0n) is 10.2. The molecular formula is C13H19ClN2O2. The number of carbonyl (C=O) groups excluding carboxylic acids is 1. The average Bonchev–Trinajstić information content (AvgIpc) is 2.39. The van der Waals surface area contributed by atoms with Gasteiger partial charge in [0.2, 0.25) is 0 Å². The van der Waals surface area contributed by atoms with E-state index in [0.717, 1.165) is 31.5 Å². The molecule has 0 aromatic heterocycles. The van der Waals surface area contributed by atoms with Crippen LogP contribution in [0.25, 0.3) is 0 Å². The molecule has 18 heavy (non-hydrogen) atoms. The fourth-order valence-electron chi connectivity index (χ4n) is 1.91. The first-order chi connectivity index (χ1) is 8.34. The summed E-state index contributed by atoms with van der Waals surface area (Å²) in [5.74, 6) is 0. The van der Waals surface area contributed by atoms with E-state index < -0.39 is 0 Å². The zero-order chi connectivity index (χ0) is 11.9. The van der Waals surface area contributed by atoms with Crippen molar-refractivity contribution >= 4 is 18.5 Å². The molecule has 1 amide bonds. The van der Waals surface area contributed by atoms with Crippen molar-refractivity contribution in [2.75, 3.05) is 13.1 Å².